The lowest BCUT2D eigenvalue weighted by Crippen LogP contribution is -2.09. The van der Waals surface area contributed by atoms with E-state index in [1.807, 2.05) is 0 Å². The quantitative estimate of drug-likeness (QED) is 0.419. The van der Waals surface area contributed by atoms with Crippen molar-refractivity contribution in [3.05, 3.63) is 0 Å². The first kappa shape index (κ1) is 7.05. The fraction of sp³-hybridized carbons (Fsp3) is 0.667. The maximum atomic E-state index is 10.3. The van der Waals surface area contributed by atoms with Crippen molar-refractivity contribution in [1.82, 2.24) is 0 Å². The van der Waals surface area contributed by atoms with Crippen molar-refractivity contribution in [2.75, 3.05) is 0 Å². The molecule has 0 spiro atoms. The van der Waals surface area contributed by atoms with Gasteiger partial charge < -0.3 is 10.3 Å². The second kappa shape index (κ2) is 2.68. The molecule has 2 N–H and O–H groups in total. The minimum absolute atomic E-state index is 0.328. The first-order chi connectivity index (χ1) is 4.74. The van der Waals surface area contributed by atoms with Crippen LogP contribution in [0.2, 0.25) is 0 Å². The molecule has 0 aromatic carbocycles. The smallest absolute Gasteiger partial charge is 0.306 e. The third kappa shape index (κ3) is 1.26. The molecule has 1 rings (SSSR count). The Morgan fingerprint density at radius 1 is 1.70 bits per heavy atom. The molecule has 0 aromatic rings. The molecule has 1 aliphatic rings. The maximum Gasteiger partial charge on any atom is 0.306 e. The minimum Gasteiger partial charge on any atom is -0.481 e. The number of carboxylic acids is 1. The Morgan fingerprint density at radius 2 is 2.40 bits per heavy atom. The number of hydrogen-bond donors (Lipinski definition) is 2. The highest BCUT2D eigenvalue weighted by atomic mass is 16.4. The normalized spacial score (nSPS) is 29.2. The van der Waals surface area contributed by atoms with Crippen LogP contribution < -0.4 is 0 Å². The SMILES string of the molecule is O=C(O)C1CC/C(=N\O)C1. The molecule has 0 aromatic heterocycles. The molecule has 0 aliphatic heterocycles. The van der Waals surface area contributed by atoms with Crippen LogP contribution in [-0.4, -0.2) is 22.0 Å². The summed E-state index contributed by atoms with van der Waals surface area (Å²) in [5.41, 5.74) is 0.604. The second-order valence-electron chi connectivity index (χ2n) is 2.44. The summed E-state index contributed by atoms with van der Waals surface area (Å²) in [6.07, 6.45) is 1.63. The van der Waals surface area contributed by atoms with Crippen LogP contribution in [0.15, 0.2) is 5.16 Å². The molecule has 0 heterocycles. The molecule has 1 fully saturated rings. The Morgan fingerprint density at radius 3 is 2.70 bits per heavy atom. The predicted molar refractivity (Wildman–Crippen MR) is 34.2 cm³/mol. The van der Waals surface area contributed by atoms with Gasteiger partial charge >= 0.3 is 5.97 Å². The van der Waals surface area contributed by atoms with Gasteiger partial charge in [0.2, 0.25) is 0 Å². The predicted octanol–water partition coefficient (Wildman–Crippen LogP) is 0.701. The summed E-state index contributed by atoms with van der Waals surface area (Å²) in [6, 6.07) is 0. The number of hydrogen-bond acceptors (Lipinski definition) is 3. The number of rotatable bonds is 1. The number of aliphatic carboxylic acids is 1. The molecule has 4 nitrogen and oxygen atoms in total. The van der Waals surface area contributed by atoms with Crippen LogP contribution >= 0.6 is 0 Å². The Bertz CT molecular complexity index is 176. The van der Waals surface area contributed by atoms with Gasteiger partial charge in [-0.1, -0.05) is 5.16 Å². The number of carboxylic acid groups (broad SMARTS) is 1. The van der Waals surface area contributed by atoms with Gasteiger partial charge in [0.25, 0.3) is 0 Å². The molecule has 56 valence electrons. The van der Waals surface area contributed by atoms with E-state index < -0.39 is 5.97 Å². The average molecular weight is 143 g/mol. The first-order valence-electron chi connectivity index (χ1n) is 3.16. The van der Waals surface area contributed by atoms with E-state index in [1.165, 1.54) is 0 Å². The van der Waals surface area contributed by atoms with E-state index >= 15 is 0 Å². The van der Waals surface area contributed by atoms with Crippen molar-refractivity contribution >= 4 is 11.7 Å². The summed E-state index contributed by atoms with van der Waals surface area (Å²) in [6.45, 7) is 0. The van der Waals surface area contributed by atoms with E-state index in [4.69, 9.17) is 10.3 Å². The molecule has 0 radical (unpaired) electrons. The molecule has 10 heavy (non-hydrogen) atoms. The zero-order valence-corrected chi connectivity index (χ0v) is 5.45. The number of oxime groups is 1. The summed E-state index contributed by atoms with van der Waals surface area (Å²) in [5.74, 6) is -1.12. The van der Waals surface area contributed by atoms with Gasteiger partial charge in [-0.15, -0.1) is 0 Å². The van der Waals surface area contributed by atoms with Crippen molar-refractivity contribution in [2.45, 2.75) is 19.3 Å². The van der Waals surface area contributed by atoms with Crippen LogP contribution in [-0.2, 0) is 4.79 Å². The van der Waals surface area contributed by atoms with Crippen molar-refractivity contribution in [2.24, 2.45) is 11.1 Å². The Balaban J connectivity index is 2.51. The first-order valence-corrected chi connectivity index (χ1v) is 3.16. The zero-order valence-electron chi connectivity index (χ0n) is 5.45. The molecular formula is C6H9NO3. The van der Waals surface area contributed by atoms with Gasteiger partial charge in [-0.3, -0.25) is 4.79 Å². The molecule has 0 amide bonds. The lowest BCUT2D eigenvalue weighted by molar-refractivity contribution is -0.141. The van der Waals surface area contributed by atoms with Crippen molar-refractivity contribution in [3.63, 3.8) is 0 Å². The standard InChI is InChI=1S/C6H9NO3/c8-6(9)4-1-2-5(3-4)7-10/h4,10H,1-3H2,(H,8,9)/b7-5+. The topological polar surface area (TPSA) is 69.9 Å². The zero-order chi connectivity index (χ0) is 7.56. The van der Waals surface area contributed by atoms with Crippen LogP contribution in [0.4, 0.5) is 0 Å². The van der Waals surface area contributed by atoms with Crippen LogP contribution in [0.1, 0.15) is 19.3 Å². The van der Waals surface area contributed by atoms with Crippen LogP contribution in [0.5, 0.6) is 0 Å². The van der Waals surface area contributed by atoms with Crippen molar-refractivity contribution < 1.29 is 15.1 Å². The van der Waals surface area contributed by atoms with Gasteiger partial charge in [-0.25, -0.2) is 0 Å². The lowest BCUT2D eigenvalue weighted by atomic mass is 10.1. The van der Waals surface area contributed by atoms with Crippen molar-refractivity contribution in [3.8, 4) is 0 Å². The van der Waals surface area contributed by atoms with Gasteiger partial charge in [0.15, 0.2) is 0 Å². The van der Waals surface area contributed by atoms with Gasteiger partial charge in [0.05, 0.1) is 11.6 Å². The van der Waals surface area contributed by atoms with E-state index in [1.54, 1.807) is 0 Å². The van der Waals surface area contributed by atoms with Gasteiger partial charge in [-0.05, 0) is 12.8 Å². The van der Waals surface area contributed by atoms with E-state index in [0.29, 0.717) is 25.0 Å². The second-order valence-corrected chi connectivity index (χ2v) is 2.44. The van der Waals surface area contributed by atoms with E-state index in [9.17, 15) is 4.79 Å². The van der Waals surface area contributed by atoms with Crippen molar-refractivity contribution in [1.29, 1.82) is 0 Å². The van der Waals surface area contributed by atoms with Crippen LogP contribution in [0.25, 0.3) is 0 Å². The summed E-state index contributed by atoms with van der Waals surface area (Å²) in [7, 11) is 0. The fourth-order valence-corrected chi connectivity index (χ4v) is 1.13. The third-order valence-electron chi connectivity index (χ3n) is 1.75. The van der Waals surface area contributed by atoms with Crippen LogP contribution in [0.3, 0.4) is 0 Å². The van der Waals surface area contributed by atoms with E-state index in [-0.39, 0.29) is 5.92 Å². The molecular weight excluding hydrogens is 134 g/mol. The molecule has 0 bridgehead atoms. The van der Waals surface area contributed by atoms with Crippen LogP contribution in [0, 0.1) is 5.92 Å². The van der Waals surface area contributed by atoms with E-state index in [0.717, 1.165) is 0 Å². The summed E-state index contributed by atoms with van der Waals surface area (Å²) in [5, 5.41) is 19.7. The highest BCUT2D eigenvalue weighted by Crippen LogP contribution is 2.22. The summed E-state index contributed by atoms with van der Waals surface area (Å²) < 4.78 is 0. The maximum absolute atomic E-state index is 10.3. The Kier molecular flexibility index (Phi) is 1.89. The Labute approximate surface area is 58.2 Å². The average Bonchev–Trinajstić information content (AvgIpc) is 2.34. The molecule has 1 aliphatic carbocycles. The van der Waals surface area contributed by atoms with Gasteiger partial charge in [0.1, 0.15) is 0 Å². The number of carbonyl (C=O) groups is 1. The van der Waals surface area contributed by atoms with Gasteiger partial charge in [-0.2, -0.15) is 0 Å². The molecule has 1 atom stereocenters. The fourth-order valence-electron chi connectivity index (χ4n) is 1.13. The number of nitrogens with zero attached hydrogens (tertiary/aromatic N) is 1. The highest BCUT2D eigenvalue weighted by molar-refractivity contribution is 5.90. The van der Waals surface area contributed by atoms with Gasteiger partial charge in [0, 0.05) is 6.42 Å². The minimum atomic E-state index is -0.793. The largest absolute Gasteiger partial charge is 0.481 e. The molecule has 1 unspecified atom stereocenters. The highest BCUT2D eigenvalue weighted by Gasteiger charge is 2.26. The molecule has 1 saturated carbocycles. The Hall–Kier alpha value is -1.06. The monoisotopic (exact) mass is 143 g/mol. The van der Waals surface area contributed by atoms with E-state index in [2.05, 4.69) is 5.16 Å². The third-order valence-corrected chi connectivity index (χ3v) is 1.75. The molecule has 0 saturated heterocycles. The summed E-state index contributed by atoms with van der Waals surface area (Å²) in [4.78, 5) is 10.3. The summed E-state index contributed by atoms with van der Waals surface area (Å²) >= 11 is 0. The molecule has 4 heteroatoms. The lowest BCUT2D eigenvalue weighted by Gasteiger charge is -1.97.